The van der Waals surface area contributed by atoms with E-state index < -0.39 is 0 Å². The average molecular weight is 453 g/mol. The smallest absolute Gasteiger partial charge is 0.243 e. The molecule has 0 saturated carbocycles. The molecule has 1 aromatic carbocycles. The van der Waals surface area contributed by atoms with Gasteiger partial charge in [0.15, 0.2) is 0 Å². The SMILES string of the molecule is C=CCN(CC(=O)N1CCc2sccc2C1c1ccc(C(C)(C)C)cc1)C(=O)CCCC. The van der Waals surface area contributed by atoms with Crippen LogP contribution in [-0.4, -0.2) is 41.2 Å². The molecule has 2 amide bonds. The van der Waals surface area contributed by atoms with Gasteiger partial charge in [-0.05, 0) is 46.4 Å². The van der Waals surface area contributed by atoms with Crippen molar-refractivity contribution in [2.75, 3.05) is 19.6 Å². The highest BCUT2D eigenvalue weighted by Gasteiger charge is 2.34. The van der Waals surface area contributed by atoms with Crippen LogP contribution in [0.1, 0.15) is 74.6 Å². The highest BCUT2D eigenvalue weighted by atomic mass is 32.1. The normalized spacial score (nSPS) is 15.9. The van der Waals surface area contributed by atoms with Crippen LogP contribution in [0.2, 0.25) is 0 Å². The molecule has 1 aliphatic rings. The van der Waals surface area contributed by atoms with Crippen LogP contribution >= 0.6 is 11.3 Å². The van der Waals surface area contributed by atoms with Crippen molar-refractivity contribution in [3.05, 3.63) is 69.9 Å². The summed E-state index contributed by atoms with van der Waals surface area (Å²) < 4.78 is 0. The number of carbonyl (C=O) groups excluding carboxylic acids is 2. The predicted octanol–water partition coefficient (Wildman–Crippen LogP) is 5.72. The van der Waals surface area contributed by atoms with E-state index in [2.05, 4.69) is 70.0 Å². The highest BCUT2D eigenvalue weighted by molar-refractivity contribution is 7.10. The van der Waals surface area contributed by atoms with Crippen LogP contribution in [0.4, 0.5) is 0 Å². The lowest BCUT2D eigenvalue weighted by molar-refractivity contribution is -0.141. The van der Waals surface area contributed by atoms with E-state index >= 15 is 0 Å². The molecule has 0 fully saturated rings. The maximum atomic E-state index is 13.5. The minimum atomic E-state index is -0.108. The summed E-state index contributed by atoms with van der Waals surface area (Å²) in [6.07, 6.45) is 4.84. The minimum absolute atomic E-state index is 0.00144. The van der Waals surface area contributed by atoms with Gasteiger partial charge in [0.1, 0.15) is 6.54 Å². The molecule has 0 spiro atoms. The van der Waals surface area contributed by atoms with Crippen molar-refractivity contribution in [3.8, 4) is 0 Å². The Kier molecular flexibility index (Phi) is 7.94. The second-order valence-corrected chi connectivity index (χ2v) is 10.6. The van der Waals surface area contributed by atoms with Gasteiger partial charge < -0.3 is 9.80 Å². The lowest BCUT2D eigenvalue weighted by Crippen LogP contribution is -2.46. The number of benzene rings is 1. The van der Waals surface area contributed by atoms with Crippen molar-refractivity contribution in [2.24, 2.45) is 0 Å². The molecule has 0 saturated heterocycles. The van der Waals surface area contributed by atoms with Crippen LogP contribution in [0, 0.1) is 0 Å². The van der Waals surface area contributed by atoms with E-state index in [9.17, 15) is 9.59 Å². The zero-order valence-corrected chi connectivity index (χ0v) is 20.7. The molecule has 0 aliphatic carbocycles. The standard InChI is InChI=1S/C27H36N2O2S/c1-6-8-9-24(30)28(16-7-2)19-25(31)29-17-14-23-22(15-18-32-23)26(29)20-10-12-21(13-11-20)27(3,4)5/h7,10-13,15,18,26H,2,6,8-9,14,16-17,19H2,1,3-5H3. The van der Waals surface area contributed by atoms with Gasteiger partial charge in [-0.15, -0.1) is 17.9 Å². The van der Waals surface area contributed by atoms with E-state index in [0.29, 0.717) is 19.5 Å². The van der Waals surface area contributed by atoms with Crippen LogP contribution < -0.4 is 0 Å². The summed E-state index contributed by atoms with van der Waals surface area (Å²) in [5.74, 6) is 0.0258. The van der Waals surface area contributed by atoms with Crippen LogP contribution in [0.5, 0.6) is 0 Å². The number of thiophene rings is 1. The number of amides is 2. The number of hydrogen-bond donors (Lipinski definition) is 0. The first kappa shape index (κ1) is 24.2. The summed E-state index contributed by atoms with van der Waals surface area (Å²) in [5.41, 5.74) is 3.70. The van der Waals surface area contributed by atoms with Gasteiger partial charge in [0, 0.05) is 24.4 Å². The Balaban J connectivity index is 1.87. The fourth-order valence-corrected chi connectivity index (χ4v) is 5.16. The molecule has 0 radical (unpaired) electrons. The molecule has 3 rings (SSSR count). The van der Waals surface area contributed by atoms with E-state index in [0.717, 1.165) is 24.8 Å². The third-order valence-electron chi connectivity index (χ3n) is 6.15. The van der Waals surface area contributed by atoms with Crippen LogP contribution in [0.15, 0.2) is 48.4 Å². The summed E-state index contributed by atoms with van der Waals surface area (Å²) in [7, 11) is 0. The lowest BCUT2D eigenvalue weighted by Gasteiger charge is -2.37. The Morgan fingerprint density at radius 2 is 1.94 bits per heavy atom. The molecular formula is C27H36N2O2S. The van der Waals surface area contributed by atoms with Gasteiger partial charge in [-0.1, -0.05) is 64.5 Å². The van der Waals surface area contributed by atoms with Gasteiger partial charge in [-0.25, -0.2) is 0 Å². The molecule has 2 aromatic rings. The third kappa shape index (κ3) is 5.50. The molecule has 0 bridgehead atoms. The number of fused-ring (bicyclic) bond motifs is 1. The summed E-state index contributed by atoms with van der Waals surface area (Å²) in [6.45, 7) is 13.6. The molecular weight excluding hydrogens is 416 g/mol. The maximum Gasteiger partial charge on any atom is 0.243 e. The Morgan fingerprint density at radius 3 is 2.56 bits per heavy atom. The van der Waals surface area contributed by atoms with E-state index in [1.807, 2.05) is 4.90 Å². The maximum absolute atomic E-state index is 13.5. The minimum Gasteiger partial charge on any atom is -0.330 e. The largest absolute Gasteiger partial charge is 0.330 e. The number of hydrogen-bond acceptors (Lipinski definition) is 3. The third-order valence-corrected chi connectivity index (χ3v) is 7.15. The summed E-state index contributed by atoms with van der Waals surface area (Å²) in [6, 6.07) is 10.7. The van der Waals surface area contributed by atoms with Crippen molar-refractivity contribution in [1.82, 2.24) is 9.80 Å². The molecule has 1 aromatic heterocycles. The number of nitrogens with zero attached hydrogens (tertiary/aromatic N) is 2. The molecule has 2 heterocycles. The zero-order chi connectivity index (χ0) is 23.3. The Hall–Kier alpha value is -2.40. The zero-order valence-electron chi connectivity index (χ0n) is 19.9. The molecule has 0 N–H and O–H groups in total. The average Bonchev–Trinajstić information content (AvgIpc) is 3.24. The van der Waals surface area contributed by atoms with Gasteiger partial charge in [-0.3, -0.25) is 9.59 Å². The molecule has 1 atom stereocenters. The fourth-order valence-electron chi connectivity index (χ4n) is 4.26. The van der Waals surface area contributed by atoms with Crippen LogP contribution in [0.3, 0.4) is 0 Å². The van der Waals surface area contributed by atoms with Gasteiger partial charge in [-0.2, -0.15) is 0 Å². The van der Waals surface area contributed by atoms with Crippen LogP contribution in [-0.2, 0) is 21.4 Å². The quantitative estimate of drug-likeness (QED) is 0.480. The van der Waals surface area contributed by atoms with E-state index in [1.54, 1.807) is 22.3 Å². The van der Waals surface area contributed by atoms with E-state index in [4.69, 9.17) is 0 Å². The van der Waals surface area contributed by atoms with E-state index in [-0.39, 0.29) is 29.8 Å². The Labute approximate surface area is 196 Å². The van der Waals surface area contributed by atoms with Gasteiger partial charge in [0.25, 0.3) is 0 Å². The van der Waals surface area contributed by atoms with Gasteiger partial charge >= 0.3 is 0 Å². The second-order valence-electron chi connectivity index (χ2n) is 9.58. The highest BCUT2D eigenvalue weighted by Crippen LogP contribution is 2.38. The van der Waals surface area contributed by atoms with Crippen molar-refractivity contribution < 1.29 is 9.59 Å². The second kappa shape index (κ2) is 10.5. The van der Waals surface area contributed by atoms with Crippen LogP contribution in [0.25, 0.3) is 0 Å². The lowest BCUT2D eigenvalue weighted by atomic mass is 9.85. The van der Waals surface area contributed by atoms with Gasteiger partial charge in [0.05, 0.1) is 6.04 Å². The first-order valence-corrected chi connectivity index (χ1v) is 12.5. The van der Waals surface area contributed by atoms with Crippen molar-refractivity contribution in [2.45, 2.75) is 64.8 Å². The number of carbonyl (C=O) groups is 2. The predicted molar refractivity (Wildman–Crippen MR) is 133 cm³/mol. The molecule has 172 valence electrons. The molecule has 4 nitrogen and oxygen atoms in total. The molecule has 5 heteroatoms. The first-order valence-electron chi connectivity index (χ1n) is 11.6. The van der Waals surface area contributed by atoms with Crippen molar-refractivity contribution >= 4 is 23.2 Å². The monoisotopic (exact) mass is 452 g/mol. The topological polar surface area (TPSA) is 40.6 Å². The summed E-state index contributed by atoms with van der Waals surface area (Å²) in [5, 5.41) is 2.12. The van der Waals surface area contributed by atoms with E-state index in [1.165, 1.54) is 16.0 Å². The fraction of sp³-hybridized carbons (Fsp3) is 0.481. The van der Waals surface area contributed by atoms with Crippen molar-refractivity contribution in [3.63, 3.8) is 0 Å². The summed E-state index contributed by atoms with van der Waals surface area (Å²) >= 11 is 1.77. The Morgan fingerprint density at radius 1 is 1.22 bits per heavy atom. The number of rotatable bonds is 8. The first-order chi connectivity index (χ1) is 15.3. The molecule has 1 unspecified atom stereocenters. The Bertz CT molecular complexity index is 939. The summed E-state index contributed by atoms with van der Waals surface area (Å²) in [4.78, 5) is 31.1. The van der Waals surface area contributed by atoms with Gasteiger partial charge in [0.2, 0.25) is 11.8 Å². The number of unbranched alkanes of at least 4 members (excludes halogenated alkanes) is 1. The van der Waals surface area contributed by atoms with Crippen molar-refractivity contribution in [1.29, 1.82) is 0 Å². The molecule has 32 heavy (non-hydrogen) atoms. The molecule has 1 aliphatic heterocycles.